The minimum absolute atomic E-state index is 0.185. The summed E-state index contributed by atoms with van der Waals surface area (Å²) in [6, 6.07) is 2.01. The van der Waals surface area contributed by atoms with Crippen LogP contribution in [0.5, 0.6) is 0 Å². The zero-order valence-electron chi connectivity index (χ0n) is 14.3. The number of nitrogens with zero attached hydrogens (tertiary/aromatic N) is 4. The van der Waals surface area contributed by atoms with Gasteiger partial charge in [-0.15, -0.1) is 11.3 Å². The Kier molecular flexibility index (Phi) is 4.58. The Morgan fingerprint density at radius 1 is 1.40 bits per heavy atom. The smallest absolute Gasteiger partial charge is 0.223 e. The first-order chi connectivity index (χ1) is 12.2. The lowest BCUT2D eigenvalue weighted by Gasteiger charge is -2.32. The van der Waals surface area contributed by atoms with Gasteiger partial charge in [-0.3, -0.25) is 4.79 Å². The number of fused-ring (bicyclic) bond motifs is 1. The van der Waals surface area contributed by atoms with Gasteiger partial charge in [-0.05, 0) is 11.4 Å². The van der Waals surface area contributed by atoms with Crippen LogP contribution in [0.25, 0.3) is 10.2 Å². The van der Waals surface area contributed by atoms with Crippen LogP contribution in [0.2, 0.25) is 0 Å². The van der Waals surface area contributed by atoms with Crippen LogP contribution in [0, 0.1) is 5.41 Å². The number of thiophene rings is 1. The zero-order chi connectivity index (χ0) is 17.3. The number of likely N-dealkylation sites (tertiary alicyclic amines) is 1. The monoisotopic (exact) mass is 362 g/mol. The summed E-state index contributed by atoms with van der Waals surface area (Å²) in [7, 11) is 1.66. The van der Waals surface area contributed by atoms with Crippen molar-refractivity contribution in [3.63, 3.8) is 0 Å². The van der Waals surface area contributed by atoms with Gasteiger partial charge in [0.25, 0.3) is 0 Å². The zero-order valence-corrected chi connectivity index (χ0v) is 15.1. The second-order valence-corrected chi connectivity index (χ2v) is 7.71. The van der Waals surface area contributed by atoms with E-state index in [1.807, 2.05) is 16.3 Å². The van der Waals surface area contributed by atoms with Crippen molar-refractivity contribution in [3.05, 3.63) is 17.8 Å². The number of hydrogen-bond donors (Lipinski definition) is 0. The Morgan fingerprint density at radius 3 is 3.20 bits per heavy atom. The molecule has 2 aromatic rings. The van der Waals surface area contributed by atoms with Gasteiger partial charge in [0.2, 0.25) is 5.91 Å². The molecule has 8 heteroatoms. The molecule has 4 heterocycles. The molecular formula is C17H22N4O3S. The first kappa shape index (κ1) is 16.7. The molecule has 7 nitrogen and oxygen atoms in total. The van der Waals surface area contributed by atoms with E-state index in [1.165, 1.54) is 0 Å². The second-order valence-electron chi connectivity index (χ2n) is 6.79. The van der Waals surface area contributed by atoms with E-state index in [-0.39, 0.29) is 11.3 Å². The van der Waals surface area contributed by atoms with Crippen molar-refractivity contribution >= 4 is 33.3 Å². The number of rotatable bonds is 4. The predicted octanol–water partition coefficient (Wildman–Crippen LogP) is 1.39. The van der Waals surface area contributed by atoms with Crippen LogP contribution in [-0.4, -0.2) is 73.9 Å². The molecule has 0 saturated carbocycles. The van der Waals surface area contributed by atoms with Crippen molar-refractivity contribution in [1.29, 1.82) is 0 Å². The van der Waals surface area contributed by atoms with Gasteiger partial charge in [0.15, 0.2) is 0 Å². The lowest BCUT2D eigenvalue weighted by molar-refractivity contribution is -0.128. The molecular weight excluding hydrogens is 340 g/mol. The number of amides is 1. The first-order valence-corrected chi connectivity index (χ1v) is 9.36. The Labute approximate surface area is 150 Å². The molecule has 1 unspecified atom stereocenters. The molecule has 0 N–H and O–H groups in total. The first-order valence-electron chi connectivity index (χ1n) is 8.48. The maximum Gasteiger partial charge on any atom is 0.223 e. The molecule has 2 fully saturated rings. The van der Waals surface area contributed by atoms with Crippen LogP contribution < -0.4 is 4.90 Å². The van der Waals surface area contributed by atoms with Gasteiger partial charge in [-0.25, -0.2) is 9.97 Å². The van der Waals surface area contributed by atoms with Crippen molar-refractivity contribution in [3.8, 4) is 0 Å². The van der Waals surface area contributed by atoms with Gasteiger partial charge < -0.3 is 19.3 Å². The topological polar surface area (TPSA) is 67.8 Å². The second kappa shape index (κ2) is 6.86. The van der Waals surface area contributed by atoms with E-state index >= 15 is 0 Å². The summed E-state index contributed by atoms with van der Waals surface area (Å²) in [5, 5.41) is 2.04. The van der Waals surface area contributed by atoms with E-state index in [1.54, 1.807) is 24.8 Å². The molecule has 25 heavy (non-hydrogen) atoms. The summed E-state index contributed by atoms with van der Waals surface area (Å²) >= 11 is 1.66. The molecule has 2 aromatic heterocycles. The van der Waals surface area contributed by atoms with Gasteiger partial charge in [-0.1, -0.05) is 0 Å². The van der Waals surface area contributed by atoms with E-state index in [0.717, 1.165) is 29.1 Å². The summed E-state index contributed by atoms with van der Waals surface area (Å²) in [6.07, 6.45) is 2.14. The minimum atomic E-state index is -0.185. The Balaban J connectivity index is 1.59. The highest BCUT2D eigenvalue weighted by molar-refractivity contribution is 7.17. The van der Waals surface area contributed by atoms with Crippen LogP contribution in [-0.2, 0) is 14.3 Å². The molecule has 2 saturated heterocycles. The van der Waals surface area contributed by atoms with E-state index in [0.29, 0.717) is 39.3 Å². The SMILES string of the molecule is COCCN1CC2(COCCN(c3ncnc4ccsc34)C2)CC1=O. The molecule has 4 rings (SSSR count). The summed E-state index contributed by atoms with van der Waals surface area (Å²) < 4.78 is 12.1. The quantitative estimate of drug-likeness (QED) is 0.819. The number of hydrogen-bond acceptors (Lipinski definition) is 7. The van der Waals surface area contributed by atoms with Crippen molar-refractivity contribution in [1.82, 2.24) is 14.9 Å². The maximum atomic E-state index is 12.5. The maximum absolute atomic E-state index is 12.5. The van der Waals surface area contributed by atoms with Crippen LogP contribution in [0.4, 0.5) is 5.82 Å². The van der Waals surface area contributed by atoms with E-state index in [4.69, 9.17) is 9.47 Å². The largest absolute Gasteiger partial charge is 0.383 e. The van der Waals surface area contributed by atoms with Gasteiger partial charge in [-0.2, -0.15) is 0 Å². The highest BCUT2D eigenvalue weighted by Gasteiger charge is 2.45. The van der Waals surface area contributed by atoms with Gasteiger partial charge in [0.05, 0.1) is 30.0 Å². The number of carbonyl (C=O) groups is 1. The van der Waals surface area contributed by atoms with Crippen molar-refractivity contribution in [2.75, 3.05) is 58.0 Å². The normalized spacial score (nSPS) is 24.4. The number of carbonyl (C=O) groups excluding carboxylic acids is 1. The van der Waals surface area contributed by atoms with E-state index < -0.39 is 0 Å². The number of anilines is 1. The lowest BCUT2D eigenvalue weighted by atomic mass is 9.87. The fourth-order valence-corrected chi connectivity index (χ4v) is 4.63. The van der Waals surface area contributed by atoms with Crippen molar-refractivity contribution in [2.24, 2.45) is 5.41 Å². The molecule has 1 spiro atoms. The van der Waals surface area contributed by atoms with Crippen LogP contribution >= 0.6 is 11.3 Å². The third-order valence-corrected chi connectivity index (χ3v) is 5.83. The third kappa shape index (κ3) is 3.21. The van der Waals surface area contributed by atoms with Crippen LogP contribution in [0.1, 0.15) is 6.42 Å². The molecule has 2 aliphatic rings. The van der Waals surface area contributed by atoms with Crippen LogP contribution in [0.15, 0.2) is 17.8 Å². The molecule has 134 valence electrons. The summed E-state index contributed by atoms with van der Waals surface area (Å²) in [5.74, 6) is 1.14. The Morgan fingerprint density at radius 2 is 2.32 bits per heavy atom. The Hall–Kier alpha value is -1.77. The number of ether oxygens (including phenoxy) is 2. The average Bonchev–Trinajstić information content (AvgIpc) is 3.14. The highest BCUT2D eigenvalue weighted by atomic mass is 32.1. The highest BCUT2D eigenvalue weighted by Crippen LogP contribution is 2.37. The minimum Gasteiger partial charge on any atom is -0.383 e. The number of aromatic nitrogens is 2. The van der Waals surface area contributed by atoms with Gasteiger partial charge in [0, 0.05) is 45.1 Å². The molecule has 2 aliphatic heterocycles. The molecule has 1 amide bonds. The number of methoxy groups -OCH3 is 1. The average molecular weight is 362 g/mol. The third-order valence-electron chi connectivity index (χ3n) is 4.93. The van der Waals surface area contributed by atoms with Crippen molar-refractivity contribution < 1.29 is 14.3 Å². The summed E-state index contributed by atoms with van der Waals surface area (Å²) in [5.41, 5.74) is 0.786. The fourth-order valence-electron chi connectivity index (χ4n) is 3.76. The molecule has 0 bridgehead atoms. The van der Waals surface area contributed by atoms with E-state index in [2.05, 4.69) is 14.9 Å². The standard InChI is InChI=1S/C17H22N4O3S/c1-23-5-3-20-9-17(8-14(20)22)10-21(4-6-24-11-17)16-15-13(2-7-25-15)18-12-19-16/h2,7,12H,3-6,8-11H2,1H3. The molecule has 0 radical (unpaired) electrons. The van der Waals surface area contributed by atoms with Gasteiger partial charge in [0.1, 0.15) is 12.1 Å². The van der Waals surface area contributed by atoms with Gasteiger partial charge >= 0.3 is 0 Å². The fraction of sp³-hybridized carbons (Fsp3) is 0.588. The Bertz CT molecular complexity index is 767. The molecule has 1 atom stereocenters. The van der Waals surface area contributed by atoms with Crippen LogP contribution in [0.3, 0.4) is 0 Å². The summed E-state index contributed by atoms with van der Waals surface area (Å²) in [4.78, 5) is 25.5. The lowest BCUT2D eigenvalue weighted by Crippen LogP contribution is -2.41. The molecule has 0 aliphatic carbocycles. The molecule has 0 aromatic carbocycles. The van der Waals surface area contributed by atoms with E-state index in [9.17, 15) is 4.79 Å². The predicted molar refractivity (Wildman–Crippen MR) is 96.0 cm³/mol. The van der Waals surface area contributed by atoms with Crippen molar-refractivity contribution in [2.45, 2.75) is 6.42 Å². The summed E-state index contributed by atoms with van der Waals surface area (Å²) in [6.45, 7) is 4.71.